The number of aldehydes is 1. The van der Waals surface area contributed by atoms with Gasteiger partial charge in [0.25, 0.3) is 0 Å². The van der Waals surface area contributed by atoms with Crippen LogP contribution in [0, 0.1) is 29.6 Å². The Morgan fingerprint density at radius 2 is 1.29 bits per heavy atom. The lowest BCUT2D eigenvalue weighted by Gasteiger charge is -2.44. The molecular formula is C38H70O5Si2. The first-order chi connectivity index (χ1) is 20.4. The Bertz CT molecular complexity index is 1040. The third-order valence-electron chi connectivity index (χ3n) is 10.6. The summed E-state index contributed by atoms with van der Waals surface area (Å²) in [7, 11) is -4.19. The number of carbonyl (C=O) groups is 1. The number of aliphatic hydroxyl groups excluding tert-OH is 1. The molecule has 8 atom stereocenters. The minimum Gasteiger partial charge on any atom is -0.413 e. The van der Waals surface area contributed by atoms with E-state index in [1.54, 1.807) is 0 Å². The Labute approximate surface area is 280 Å². The molecule has 1 aromatic carbocycles. The normalized spacial score (nSPS) is 19.3. The maximum absolute atomic E-state index is 12.0. The zero-order valence-corrected chi connectivity index (χ0v) is 33.9. The number of hydrogen-bond acceptors (Lipinski definition) is 5. The van der Waals surface area contributed by atoms with E-state index in [4.69, 9.17) is 13.6 Å². The van der Waals surface area contributed by atoms with E-state index in [1.807, 2.05) is 25.1 Å². The van der Waals surface area contributed by atoms with E-state index >= 15 is 0 Å². The molecule has 0 radical (unpaired) electrons. The second kappa shape index (κ2) is 17.3. The predicted octanol–water partition coefficient (Wildman–Crippen LogP) is 10.1. The topological polar surface area (TPSA) is 65.0 Å². The summed E-state index contributed by atoms with van der Waals surface area (Å²) in [5, 5.41) is 11.7. The molecule has 1 rings (SSSR count). The van der Waals surface area contributed by atoms with Gasteiger partial charge in [-0.3, -0.25) is 0 Å². The van der Waals surface area contributed by atoms with Crippen molar-refractivity contribution in [3.63, 3.8) is 0 Å². The number of benzene rings is 1. The molecule has 0 aliphatic rings. The number of rotatable bonds is 18. The molecule has 45 heavy (non-hydrogen) atoms. The van der Waals surface area contributed by atoms with Crippen LogP contribution in [0.5, 0.6) is 0 Å². The Balaban J connectivity index is 3.19. The van der Waals surface area contributed by atoms with E-state index in [0.29, 0.717) is 13.2 Å². The van der Waals surface area contributed by atoms with Crippen molar-refractivity contribution in [1.82, 2.24) is 0 Å². The molecule has 0 spiro atoms. The van der Waals surface area contributed by atoms with E-state index in [0.717, 1.165) is 18.3 Å². The summed E-state index contributed by atoms with van der Waals surface area (Å²) in [5.41, 5.74) is 2.40. The van der Waals surface area contributed by atoms with E-state index in [9.17, 15) is 9.90 Å². The first-order valence-electron chi connectivity index (χ1n) is 17.2. The first-order valence-corrected chi connectivity index (χ1v) is 23.0. The molecule has 0 saturated carbocycles. The van der Waals surface area contributed by atoms with Crippen LogP contribution in [0.4, 0.5) is 0 Å². The summed E-state index contributed by atoms with van der Waals surface area (Å²) in [4.78, 5) is 12.0. The maximum atomic E-state index is 12.0. The number of hydrogen-bond donors (Lipinski definition) is 1. The van der Waals surface area contributed by atoms with Crippen molar-refractivity contribution in [2.75, 3.05) is 6.61 Å². The average molecular weight is 663 g/mol. The van der Waals surface area contributed by atoms with Gasteiger partial charge in [0, 0.05) is 17.8 Å². The first kappa shape index (κ1) is 41.9. The van der Waals surface area contributed by atoms with Crippen LogP contribution in [-0.2, 0) is 25.0 Å². The maximum Gasteiger partial charge on any atom is 0.192 e. The predicted molar refractivity (Wildman–Crippen MR) is 197 cm³/mol. The minimum atomic E-state index is -2.13. The smallest absolute Gasteiger partial charge is 0.192 e. The van der Waals surface area contributed by atoms with Crippen molar-refractivity contribution in [2.45, 2.75) is 151 Å². The van der Waals surface area contributed by atoms with Crippen LogP contribution in [0.15, 0.2) is 42.0 Å². The third kappa shape index (κ3) is 12.8. The molecule has 0 unspecified atom stereocenters. The summed E-state index contributed by atoms with van der Waals surface area (Å²) in [5.74, 6) is -0.00869. The van der Waals surface area contributed by atoms with Gasteiger partial charge in [0.2, 0.25) is 0 Å². The summed E-state index contributed by atoms with van der Waals surface area (Å²) in [6.45, 7) is 36.5. The third-order valence-corrected chi connectivity index (χ3v) is 19.6. The molecule has 0 amide bonds. The Morgan fingerprint density at radius 3 is 1.76 bits per heavy atom. The largest absolute Gasteiger partial charge is 0.413 e. The summed E-state index contributed by atoms with van der Waals surface area (Å²) < 4.78 is 20.0. The molecule has 0 aliphatic carbocycles. The van der Waals surface area contributed by atoms with Crippen LogP contribution in [-0.4, -0.2) is 52.9 Å². The highest BCUT2D eigenvalue weighted by Gasteiger charge is 2.44. The van der Waals surface area contributed by atoms with E-state index < -0.39 is 22.7 Å². The van der Waals surface area contributed by atoms with Crippen LogP contribution >= 0.6 is 0 Å². The van der Waals surface area contributed by atoms with Gasteiger partial charge in [-0.2, -0.15) is 0 Å². The van der Waals surface area contributed by atoms with E-state index in [-0.39, 0.29) is 51.9 Å². The standard InChI is InChI=1S/C38H70O5Si2/c1-27(22-28(2)35(30(4)24-39)42-44(13,14)37(7,8)9)23-29(3)36(43-45(15,16)38(10,11)12)32(6)34(40)31(5)25-41-26-33-20-18-17-19-21-33/h17-22,24,28-32,34-36,40H,23,25-26H2,1-16H3/t28-,29-,30-,31-,32+,34-,35+,36+/m0/s1. The fourth-order valence-electron chi connectivity index (χ4n) is 5.53. The van der Waals surface area contributed by atoms with Gasteiger partial charge in [-0.15, -0.1) is 0 Å². The van der Waals surface area contributed by atoms with E-state index in [2.05, 4.69) is 121 Å². The van der Waals surface area contributed by atoms with Gasteiger partial charge in [-0.1, -0.05) is 118 Å². The highest BCUT2D eigenvalue weighted by Crippen LogP contribution is 2.42. The molecule has 0 aromatic heterocycles. The summed E-state index contributed by atoms with van der Waals surface area (Å²) in [6.07, 6.45) is 3.37. The molecule has 0 aliphatic heterocycles. The quantitative estimate of drug-likeness (QED) is 0.0963. The average Bonchev–Trinajstić information content (AvgIpc) is 2.92. The van der Waals surface area contributed by atoms with Crippen molar-refractivity contribution in [3.8, 4) is 0 Å². The highest BCUT2D eigenvalue weighted by molar-refractivity contribution is 6.74. The van der Waals surface area contributed by atoms with Gasteiger partial charge in [0.1, 0.15) is 6.29 Å². The van der Waals surface area contributed by atoms with Gasteiger partial charge >= 0.3 is 0 Å². The van der Waals surface area contributed by atoms with Gasteiger partial charge in [0.05, 0.1) is 31.5 Å². The fourth-order valence-corrected chi connectivity index (χ4v) is 8.47. The molecule has 0 bridgehead atoms. The lowest BCUT2D eigenvalue weighted by molar-refractivity contribution is -0.113. The molecule has 260 valence electrons. The lowest BCUT2D eigenvalue weighted by Crippen LogP contribution is -2.50. The van der Waals surface area contributed by atoms with Crippen LogP contribution < -0.4 is 0 Å². The Hall–Kier alpha value is -1.10. The second-order valence-electron chi connectivity index (χ2n) is 17.1. The zero-order valence-electron chi connectivity index (χ0n) is 31.9. The van der Waals surface area contributed by atoms with Gasteiger partial charge in [0.15, 0.2) is 16.6 Å². The molecule has 0 heterocycles. The Kier molecular flexibility index (Phi) is 16.2. The summed E-state index contributed by atoms with van der Waals surface area (Å²) in [6, 6.07) is 10.2. The monoisotopic (exact) mass is 662 g/mol. The zero-order chi connectivity index (χ0) is 35.0. The molecule has 1 aromatic rings. The van der Waals surface area contributed by atoms with Gasteiger partial charge < -0.3 is 23.5 Å². The second-order valence-corrected chi connectivity index (χ2v) is 26.6. The van der Waals surface area contributed by atoms with Crippen LogP contribution in [0.1, 0.15) is 95.1 Å². The van der Waals surface area contributed by atoms with Crippen molar-refractivity contribution in [3.05, 3.63) is 47.5 Å². The fraction of sp³-hybridized carbons (Fsp3) is 0.763. The summed E-state index contributed by atoms with van der Waals surface area (Å²) >= 11 is 0. The van der Waals surface area contributed by atoms with Crippen LogP contribution in [0.2, 0.25) is 36.3 Å². The van der Waals surface area contributed by atoms with Gasteiger partial charge in [-0.05, 0) is 67.0 Å². The molecule has 0 saturated heterocycles. The highest BCUT2D eigenvalue weighted by atomic mass is 28.4. The Morgan fingerprint density at radius 1 is 0.800 bits per heavy atom. The number of carbonyl (C=O) groups excluding carboxylic acids is 1. The van der Waals surface area contributed by atoms with Crippen molar-refractivity contribution in [2.24, 2.45) is 29.6 Å². The SMILES string of the molecule is CC(=C[C@H](C)[C@@H](O[Si](C)(C)C(C)(C)C)[C@@H](C)C=O)C[C@H](C)[C@@H](O[Si](C)(C)C(C)(C)C)[C@H](C)[C@@H](O)[C@@H](C)COCc1ccccc1. The molecule has 7 heteroatoms. The van der Waals surface area contributed by atoms with Crippen LogP contribution in [0.25, 0.3) is 0 Å². The number of allylic oxidation sites excluding steroid dienone is 1. The minimum absolute atomic E-state index is 0.0313. The van der Waals surface area contributed by atoms with E-state index in [1.165, 1.54) is 5.57 Å². The number of aliphatic hydroxyl groups is 1. The van der Waals surface area contributed by atoms with Crippen molar-refractivity contribution >= 4 is 22.9 Å². The lowest BCUT2D eigenvalue weighted by atomic mass is 9.82. The van der Waals surface area contributed by atoms with Crippen LogP contribution in [0.3, 0.4) is 0 Å². The van der Waals surface area contributed by atoms with Gasteiger partial charge in [-0.25, -0.2) is 0 Å². The molecular weight excluding hydrogens is 593 g/mol. The molecule has 0 fully saturated rings. The number of ether oxygens (including phenoxy) is 1. The molecule has 1 N–H and O–H groups in total. The molecule has 5 nitrogen and oxygen atoms in total. The van der Waals surface area contributed by atoms with Crippen molar-refractivity contribution in [1.29, 1.82) is 0 Å². The van der Waals surface area contributed by atoms with Crippen molar-refractivity contribution < 1.29 is 23.5 Å².